The maximum atomic E-state index is 12.4. The Kier molecular flexibility index (Phi) is 12.8. The van der Waals surface area contributed by atoms with E-state index in [0.717, 1.165) is 6.42 Å². The first-order valence-electron chi connectivity index (χ1n) is 9.73. The van der Waals surface area contributed by atoms with Gasteiger partial charge >= 0.3 is 5.97 Å². The fraction of sp³-hybridized carbons (Fsp3) is 0.778. The van der Waals surface area contributed by atoms with Crippen molar-refractivity contribution in [2.24, 2.45) is 17.4 Å². The van der Waals surface area contributed by atoms with Crippen LogP contribution >= 0.6 is 0 Å². The smallest absolute Gasteiger partial charge is 0.328 e. The lowest BCUT2D eigenvalue weighted by Crippen LogP contribution is -2.56. The van der Waals surface area contributed by atoms with E-state index in [-0.39, 0.29) is 18.9 Å². The number of rotatable bonds is 14. The predicted octanol–water partition coefficient (Wildman–Crippen LogP) is -1.96. The second kappa shape index (κ2) is 13.9. The van der Waals surface area contributed by atoms with E-state index in [0.29, 0.717) is 19.4 Å². The van der Waals surface area contributed by atoms with Gasteiger partial charge in [0.1, 0.15) is 6.04 Å². The molecule has 0 radical (unpaired) electrons. The molecule has 3 amide bonds. The van der Waals surface area contributed by atoms with Crippen molar-refractivity contribution in [3.05, 3.63) is 0 Å². The number of carboxylic acids is 1. The molecule has 0 spiro atoms. The van der Waals surface area contributed by atoms with Crippen molar-refractivity contribution in [2.45, 2.75) is 70.7 Å². The van der Waals surface area contributed by atoms with Crippen LogP contribution in [0.5, 0.6) is 0 Å². The summed E-state index contributed by atoms with van der Waals surface area (Å²) in [7, 11) is 0. The average molecular weight is 418 g/mol. The normalized spacial score (nSPS) is 15.1. The number of amides is 3. The first kappa shape index (κ1) is 26.8. The number of aliphatic hydroxyl groups excluding tert-OH is 1. The highest BCUT2D eigenvalue weighted by atomic mass is 16.4. The largest absolute Gasteiger partial charge is 0.480 e. The highest BCUT2D eigenvalue weighted by Gasteiger charge is 2.29. The third-order valence-electron chi connectivity index (χ3n) is 4.13. The minimum atomic E-state index is -1.50. The molecule has 0 saturated carbocycles. The van der Waals surface area contributed by atoms with Gasteiger partial charge in [-0.2, -0.15) is 0 Å². The van der Waals surface area contributed by atoms with Gasteiger partial charge in [0, 0.05) is 0 Å². The van der Waals surface area contributed by atoms with Gasteiger partial charge in [0.15, 0.2) is 6.04 Å². The van der Waals surface area contributed by atoms with E-state index in [9.17, 15) is 24.3 Å². The Hall–Kier alpha value is -2.24. The second-order valence-corrected chi connectivity index (χ2v) is 7.42. The van der Waals surface area contributed by atoms with Gasteiger partial charge in [-0.1, -0.05) is 20.3 Å². The highest BCUT2D eigenvalue weighted by Crippen LogP contribution is 2.06. The third-order valence-corrected chi connectivity index (χ3v) is 4.13. The van der Waals surface area contributed by atoms with Crippen LogP contribution in [0.4, 0.5) is 0 Å². The Labute approximate surface area is 171 Å². The number of nitrogens with one attached hydrogen (secondary N) is 3. The predicted molar refractivity (Wildman–Crippen MR) is 107 cm³/mol. The van der Waals surface area contributed by atoms with Crippen LogP contribution in [-0.2, 0) is 19.2 Å². The number of aliphatic carboxylic acids is 1. The molecule has 168 valence electrons. The van der Waals surface area contributed by atoms with E-state index in [4.69, 9.17) is 16.6 Å². The molecule has 9 N–H and O–H groups in total. The minimum absolute atomic E-state index is 0.0198. The maximum absolute atomic E-state index is 12.4. The van der Waals surface area contributed by atoms with E-state index in [1.54, 1.807) is 0 Å². The fourth-order valence-corrected chi connectivity index (χ4v) is 2.53. The summed E-state index contributed by atoms with van der Waals surface area (Å²) >= 11 is 0. The van der Waals surface area contributed by atoms with E-state index in [1.807, 2.05) is 13.8 Å². The number of carbonyl (C=O) groups is 4. The van der Waals surface area contributed by atoms with Gasteiger partial charge in [0.05, 0.1) is 18.7 Å². The summed E-state index contributed by atoms with van der Waals surface area (Å²) in [5, 5.41) is 25.7. The molecule has 0 aliphatic carbocycles. The lowest BCUT2D eigenvalue weighted by Gasteiger charge is -2.24. The van der Waals surface area contributed by atoms with Crippen molar-refractivity contribution < 1.29 is 29.4 Å². The molecule has 0 aliphatic heterocycles. The molecule has 0 rings (SSSR count). The average Bonchev–Trinajstić information content (AvgIpc) is 2.62. The summed E-state index contributed by atoms with van der Waals surface area (Å²) in [5.41, 5.74) is 11.1. The van der Waals surface area contributed by atoms with Gasteiger partial charge in [-0.15, -0.1) is 0 Å². The molecule has 0 aliphatic rings. The lowest BCUT2D eigenvalue weighted by molar-refractivity contribution is -0.145. The molecule has 4 unspecified atom stereocenters. The molecule has 0 bridgehead atoms. The minimum Gasteiger partial charge on any atom is -0.480 e. The van der Waals surface area contributed by atoms with Gasteiger partial charge in [-0.3, -0.25) is 14.4 Å². The molecule has 0 aromatic carbocycles. The zero-order valence-electron chi connectivity index (χ0n) is 17.3. The van der Waals surface area contributed by atoms with E-state index in [1.165, 1.54) is 6.92 Å². The second-order valence-electron chi connectivity index (χ2n) is 7.42. The molecular weight excluding hydrogens is 382 g/mol. The summed E-state index contributed by atoms with van der Waals surface area (Å²) in [5.74, 6) is -3.20. The zero-order valence-corrected chi connectivity index (χ0v) is 17.3. The van der Waals surface area contributed by atoms with Crippen molar-refractivity contribution >= 4 is 23.7 Å². The summed E-state index contributed by atoms with van der Waals surface area (Å²) in [6.07, 6.45) is 0.820. The van der Waals surface area contributed by atoms with Crippen molar-refractivity contribution in [3.63, 3.8) is 0 Å². The first-order chi connectivity index (χ1) is 13.5. The molecular formula is C18H35N5O6. The number of nitrogens with two attached hydrogens (primary N) is 2. The molecule has 0 aromatic heterocycles. The summed E-state index contributed by atoms with van der Waals surface area (Å²) in [6.45, 7) is 5.04. The van der Waals surface area contributed by atoms with Crippen LogP contribution in [0.15, 0.2) is 0 Å². The van der Waals surface area contributed by atoms with E-state index in [2.05, 4.69) is 16.0 Å². The fourth-order valence-electron chi connectivity index (χ4n) is 2.53. The number of carbonyl (C=O) groups excluding carboxylic acids is 3. The Bertz CT molecular complexity index is 555. The van der Waals surface area contributed by atoms with E-state index >= 15 is 0 Å². The number of carboxylic acid groups (broad SMARTS) is 1. The van der Waals surface area contributed by atoms with Crippen molar-refractivity contribution in [1.29, 1.82) is 0 Å². The molecule has 0 fully saturated rings. The van der Waals surface area contributed by atoms with Crippen LogP contribution < -0.4 is 27.4 Å². The van der Waals surface area contributed by atoms with Crippen molar-refractivity contribution in [2.75, 3.05) is 13.1 Å². The molecule has 0 aromatic rings. The Balaban J connectivity index is 4.76. The van der Waals surface area contributed by atoms with Crippen LogP contribution in [0.25, 0.3) is 0 Å². The monoisotopic (exact) mass is 417 g/mol. The molecule has 29 heavy (non-hydrogen) atoms. The standard InChI is InChI=1S/C18H35N5O6/c1-10(2)8-13(17(27)23-15(11(3)24)18(28)29)22-14(25)9-21-16(26)12(20)6-4-5-7-19/h10-13,15,24H,4-9,19-20H2,1-3H3,(H,21,26)(H,22,25)(H,23,27)(H,28,29). The molecule has 0 saturated heterocycles. The molecule has 11 nitrogen and oxygen atoms in total. The third kappa shape index (κ3) is 11.4. The molecule has 4 atom stereocenters. The Morgan fingerprint density at radius 1 is 1.00 bits per heavy atom. The van der Waals surface area contributed by atoms with Gasteiger partial charge in [0.2, 0.25) is 17.7 Å². The van der Waals surface area contributed by atoms with Crippen molar-refractivity contribution in [3.8, 4) is 0 Å². The van der Waals surface area contributed by atoms with Crippen LogP contribution in [0, 0.1) is 5.92 Å². The van der Waals surface area contributed by atoms with Crippen LogP contribution in [0.3, 0.4) is 0 Å². The van der Waals surface area contributed by atoms with Crippen LogP contribution in [-0.4, -0.2) is 71.2 Å². The highest BCUT2D eigenvalue weighted by molar-refractivity contribution is 5.92. The number of unbranched alkanes of at least 4 members (excludes halogenated alkanes) is 1. The number of aliphatic hydroxyl groups is 1. The van der Waals surface area contributed by atoms with Gasteiger partial charge < -0.3 is 37.6 Å². The molecule has 0 heterocycles. The Morgan fingerprint density at radius 2 is 1.62 bits per heavy atom. The van der Waals surface area contributed by atoms with Crippen LogP contribution in [0.2, 0.25) is 0 Å². The maximum Gasteiger partial charge on any atom is 0.328 e. The van der Waals surface area contributed by atoms with Crippen molar-refractivity contribution in [1.82, 2.24) is 16.0 Å². The topological polar surface area (TPSA) is 197 Å². The Morgan fingerprint density at radius 3 is 2.10 bits per heavy atom. The summed E-state index contributed by atoms with van der Waals surface area (Å²) in [6, 6.07) is -3.27. The van der Waals surface area contributed by atoms with Gasteiger partial charge in [-0.05, 0) is 38.6 Å². The number of hydrogen-bond acceptors (Lipinski definition) is 7. The number of hydrogen-bond donors (Lipinski definition) is 7. The van der Waals surface area contributed by atoms with Crippen LogP contribution in [0.1, 0.15) is 46.5 Å². The van der Waals surface area contributed by atoms with Gasteiger partial charge in [0.25, 0.3) is 0 Å². The summed E-state index contributed by atoms with van der Waals surface area (Å²) in [4.78, 5) is 47.6. The SMILES string of the molecule is CC(C)CC(NC(=O)CNC(=O)C(N)CCCCN)C(=O)NC(C(=O)O)C(C)O. The zero-order chi connectivity index (χ0) is 22.6. The molecule has 11 heteroatoms. The summed E-state index contributed by atoms with van der Waals surface area (Å²) < 4.78 is 0. The van der Waals surface area contributed by atoms with E-state index < -0.39 is 47.9 Å². The first-order valence-corrected chi connectivity index (χ1v) is 9.73. The lowest BCUT2D eigenvalue weighted by atomic mass is 10.0. The van der Waals surface area contributed by atoms with Gasteiger partial charge in [-0.25, -0.2) is 4.79 Å². The quantitative estimate of drug-likeness (QED) is 0.158.